The lowest BCUT2D eigenvalue weighted by Crippen LogP contribution is -2.47. The van der Waals surface area contributed by atoms with Gasteiger partial charge >= 0.3 is 6.61 Å². The Morgan fingerprint density at radius 2 is 1.76 bits per heavy atom. The third kappa shape index (κ3) is 8.10. The molecule has 2 aromatic carbocycles. The highest BCUT2D eigenvalue weighted by atomic mass is 32.2. The van der Waals surface area contributed by atoms with Gasteiger partial charge in [-0.3, -0.25) is 14.4 Å². The summed E-state index contributed by atoms with van der Waals surface area (Å²) in [6.45, 7) is -0.339. The number of halogens is 2. The number of ketones is 1. The van der Waals surface area contributed by atoms with Gasteiger partial charge in [0.1, 0.15) is 11.3 Å². The number of nitrogens with zero attached hydrogens (tertiary/aromatic N) is 2. The van der Waals surface area contributed by atoms with Gasteiger partial charge in [-0.2, -0.15) is 8.78 Å². The van der Waals surface area contributed by atoms with Gasteiger partial charge in [-0.1, -0.05) is 37.3 Å². The number of rotatable bonds is 13. The highest BCUT2D eigenvalue weighted by molar-refractivity contribution is 7.90. The number of morpholine rings is 1. The maximum Gasteiger partial charge on any atom is 0.387 e. The molecule has 2 heterocycles. The smallest absolute Gasteiger partial charge is 0.387 e. The summed E-state index contributed by atoms with van der Waals surface area (Å²) < 4.78 is 67.5. The molecular formula is C28H31F2N3O8S. The summed E-state index contributed by atoms with van der Waals surface area (Å²) in [6, 6.07) is 11.1. The van der Waals surface area contributed by atoms with Crippen molar-refractivity contribution in [3.63, 3.8) is 0 Å². The van der Waals surface area contributed by atoms with Crippen LogP contribution in [-0.2, 0) is 29.9 Å². The van der Waals surface area contributed by atoms with Crippen LogP contribution in [0, 0.1) is 5.92 Å². The number of nitrogens with one attached hydrogen (secondary N) is 1. The quantitative estimate of drug-likeness (QED) is 0.290. The molecule has 2 amide bonds. The van der Waals surface area contributed by atoms with Gasteiger partial charge in [-0.05, 0) is 24.6 Å². The first kappa shape index (κ1) is 31.0. The molecule has 4 rings (SSSR count). The summed E-state index contributed by atoms with van der Waals surface area (Å²) in [5, 5.41) is 2.57. The summed E-state index contributed by atoms with van der Waals surface area (Å²) in [7, 11) is -4.14. The standard InChI is InChI=1S/C28H31F2N3O8S/c1-2-20(25(35)27-32-21-8-4-6-10-23(21)40-27)31-26(36)19(15-24(34)33-11-13-39-14-12-33)17-42(37,38)16-18-7-3-5-9-22(18)41-28(29)30/h3-10,19-20,28H,2,11-17H2,1H3,(H,31,36). The second-order valence-electron chi connectivity index (χ2n) is 9.76. The van der Waals surface area contributed by atoms with E-state index >= 15 is 0 Å². The molecule has 42 heavy (non-hydrogen) atoms. The number of ether oxygens (including phenoxy) is 2. The van der Waals surface area contributed by atoms with Crippen molar-refractivity contribution >= 4 is 38.5 Å². The van der Waals surface area contributed by atoms with Crippen LogP contribution < -0.4 is 10.1 Å². The summed E-state index contributed by atoms with van der Waals surface area (Å²) in [5.41, 5.74) is 0.824. The lowest BCUT2D eigenvalue weighted by atomic mass is 10.0. The zero-order chi connectivity index (χ0) is 30.3. The lowest BCUT2D eigenvalue weighted by Gasteiger charge is -2.28. The zero-order valence-electron chi connectivity index (χ0n) is 22.8. The van der Waals surface area contributed by atoms with E-state index in [1.807, 2.05) is 0 Å². The number of carbonyl (C=O) groups is 3. The second kappa shape index (κ2) is 13.8. The van der Waals surface area contributed by atoms with Crippen LogP contribution in [0.3, 0.4) is 0 Å². The Kier molecular flexibility index (Phi) is 10.2. The monoisotopic (exact) mass is 607 g/mol. The van der Waals surface area contributed by atoms with Gasteiger partial charge in [0.2, 0.25) is 17.6 Å². The van der Waals surface area contributed by atoms with Crippen molar-refractivity contribution in [2.45, 2.75) is 38.2 Å². The van der Waals surface area contributed by atoms with E-state index in [4.69, 9.17) is 9.15 Å². The van der Waals surface area contributed by atoms with E-state index in [0.717, 1.165) is 0 Å². The molecule has 14 heteroatoms. The Balaban J connectivity index is 1.54. The van der Waals surface area contributed by atoms with E-state index < -0.39 is 63.9 Å². The summed E-state index contributed by atoms with van der Waals surface area (Å²) in [4.78, 5) is 45.3. The van der Waals surface area contributed by atoms with E-state index in [0.29, 0.717) is 24.3 Å². The lowest BCUT2D eigenvalue weighted by molar-refractivity contribution is -0.139. The molecule has 1 aliphatic heterocycles. The van der Waals surface area contributed by atoms with Crippen molar-refractivity contribution < 1.29 is 45.5 Å². The molecule has 0 radical (unpaired) electrons. The number of carbonyl (C=O) groups excluding carboxylic acids is 3. The molecule has 11 nitrogen and oxygen atoms in total. The Hall–Kier alpha value is -3.91. The van der Waals surface area contributed by atoms with Gasteiger partial charge in [0, 0.05) is 25.1 Å². The molecule has 1 saturated heterocycles. The van der Waals surface area contributed by atoms with E-state index in [-0.39, 0.29) is 36.7 Å². The summed E-state index contributed by atoms with van der Waals surface area (Å²) in [5.74, 6) is -5.26. The van der Waals surface area contributed by atoms with Crippen LogP contribution in [0.2, 0.25) is 0 Å². The highest BCUT2D eigenvalue weighted by Crippen LogP contribution is 2.24. The van der Waals surface area contributed by atoms with Gasteiger partial charge in [-0.25, -0.2) is 13.4 Å². The van der Waals surface area contributed by atoms with Crippen molar-refractivity contribution in [3.8, 4) is 5.75 Å². The van der Waals surface area contributed by atoms with Crippen molar-refractivity contribution in [1.29, 1.82) is 0 Å². The van der Waals surface area contributed by atoms with Crippen LogP contribution in [0.5, 0.6) is 5.75 Å². The molecule has 2 unspecified atom stereocenters. The molecule has 0 spiro atoms. The molecular weight excluding hydrogens is 576 g/mol. The molecule has 226 valence electrons. The maximum absolute atomic E-state index is 13.5. The van der Waals surface area contributed by atoms with Gasteiger partial charge in [0.15, 0.2) is 15.4 Å². The number of sulfone groups is 1. The molecule has 1 N–H and O–H groups in total. The molecule has 0 aliphatic carbocycles. The van der Waals surface area contributed by atoms with Crippen molar-refractivity contribution in [3.05, 3.63) is 60.0 Å². The summed E-state index contributed by atoms with van der Waals surface area (Å²) >= 11 is 0. The number of Topliss-reactive ketones (excluding diaryl/α,β-unsaturated/α-hetero) is 1. The first-order valence-corrected chi connectivity index (χ1v) is 15.2. The summed E-state index contributed by atoms with van der Waals surface area (Å²) in [6.07, 6.45) is -0.313. The number of amides is 2. The Labute approximate surface area is 241 Å². The number of hydrogen-bond acceptors (Lipinski definition) is 9. The van der Waals surface area contributed by atoms with Crippen molar-refractivity contribution in [1.82, 2.24) is 15.2 Å². The van der Waals surface area contributed by atoms with Gasteiger partial charge < -0.3 is 24.1 Å². The van der Waals surface area contributed by atoms with Crippen molar-refractivity contribution in [2.24, 2.45) is 5.92 Å². The number of alkyl halides is 2. The minimum atomic E-state index is -4.14. The maximum atomic E-state index is 13.5. The first-order chi connectivity index (χ1) is 20.1. The Bertz CT molecular complexity index is 1490. The zero-order valence-corrected chi connectivity index (χ0v) is 23.6. The van der Waals surface area contributed by atoms with Gasteiger partial charge in [0.25, 0.3) is 5.89 Å². The van der Waals surface area contributed by atoms with E-state index in [1.54, 1.807) is 31.2 Å². The van der Waals surface area contributed by atoms with Crippen LogP contribution in [0.25, 0.3) is 11.1 Å². The van der Waals surface area contributed by atoms with Gasteiger partial charge in [0.05, 0.1) is 36.7 Å². The molecule has 2 atom stereocenters. The number of para-hydroxylation sites is 3. The van der Waals surface area contributed by atoms with Crippen LogP contribution in [0.1, 0.15) is 36.0 Å². The average molecular weight is 608 g/mol. The normalized spacial score (nSPS) is 15.4. The molecule has 1 aromatic heterocycles. The number of benzene rings is 2. The number of fused-ring (bicyclic) bond motifs is 1. The topological polar surface area (TPSA) is 145 Å². The molecule has 0 bridgehead atoms. The molecule has 3 aromatic rings. The van der Waals surface area contributed by atoms with Crippen LogP contribution in [-0.4, -0.2) is 80.6 Å². The Morgan fingerprint density at radius 1 is 1.07 bits per heavy atom. The first-order valence-electron chi connectivity index (χ1n) is 13.3. The second-order valence-corrected chi connectivity index (χ2v) is 11.9. The number of aromatic nitrogens is 1. The Morgan fingerprint density at radius 3 is 2.45 bits per heavy atom. The fourth-order valence-corrected chi connectivity index (χ4v) is 6.30. The predicted molar refractivity (Wildman–Crippen MR) is 147 cm³/mol. The predicted octanol–water partition coefficient (Wildman–Crippen LogP) is 2.99. The average Bonchev–Trinajstić information content (AvgIpc) is 3.40. The van der Waals surface area contributed by atoms with Crippen molar-refractivity contribution in [2.75, 3.05) is 32.1 Å². The molecule has 1 fully saturated rings. The number of hydrogen-bond donors (Lipinski definition) is 1. The van der Waals surface area contributed by atoms with E-state index in [9.17, 15) is 31.6 Å². The minimum Gasteiger partial charge on any atom is -0.435 e. The highest BCUT2D eigenvalue weighted by Gasteiger charge is 2.34. The molecule has 0 saturated carbocycles. The number of oxazole rings is 1. The van der Waals surface area contributed by atoms with E-state index in [1.165, 1.54) is 29.2 Å². The van der Waals surface area contributed by atoms with Crippen LogP contribution in [0.15, 0.2) is 52.9 Å². The third-order valence-electron chi connectivity index (χ3n) is 6.72. The fourth-order valence-electron chi connectivity index (χ4n) is 4.59. The minimum absolute atomic E-state index is 0.0194. The van der Waals surface area contributed by atoms with Gasteiger partial charge in [-0.15, -0.1) is 0 Å². The van der Waals surface area contributed by atoms with E-state index in [2.05, 4.69) is 15.0 Å². The molecule has 1 aliphatic rings. The third-order valence-corrected chi connectivity index (χ3v) is 8.38. The fraction of sp³-hybridized carbons (Fsp3) is 0.429. The van der Waals surface area contributed by atoms with Crippen LogP contribution in [0.4, 0.5) is 8.78 Å². The van der Waals surface area contributed by atoms with Crippen LogP contribution >= 0.6 is 0 Å². The SMILES string of the molecule is CCC(NC(=O)C(CC(=O)N1CCOCC1)CS(=O)(=O)Cc1ccccc1OC(F)F)C(=O)c1nc2ccccc2o1. The largest absolute Gasteiger partial charge is 0.435 e.